The smallest absolute Gasteiger partial charge is 0.410 e. The van der Waals surface area contributed by atoms with Crippen LogP contribution < -0.4 is 15.5 Å². The molecule has 0 bridgehead atoms. The predicted molar refractivity (Wildman–Crippen MR) is 218 cm³/mol. The molecule has 6 rings (SSSR count). The van der Waals surface area contributed by atoms with Crippen molar-refractivity contribution in [3.8, 4) is 0 Å². The summed E-state index contributed by atoms with van der Waals surface area (Å²) in [7, 11) is 0. The second-order valence-electron chi connectivity index (χ2n) is 17.6. The maximum atomic E-state index is 14.6. The summed E-state index contributed by atoms with van der Waals surface area (Å²) in [5.74, 6) is 1.12. The van der Waals surface area contributed by atoms with Crippen molar-refractivity contribution in [1.82, 2.24) is 40.3 Å². The van der Waals surface area contributed by atoms with Crippen molar-refractivity contribution in [2.45, 2.75) is 96.4 Å². The Balaban J connectivity index is 1.07. The fourth-order valence-corrected chi connectivity index (χ4v) is 8.06. The second-order valence-corrected chi connectivity index (χ2v) is 18.0. The zero-order valence-corrected chi connectivity index (χ0v) is 34.7. The number of anilines is 1. The minimum absolute atomic E-state index is 0.213. The first-order valence-electron chi connectivity index (χ1n) is 20.1. The van der Waals surface area contributed by atoms with Crippen molar-refractivity contribution < 1.29 is 23.9 Å². The molecule has 3 fully saturated rings. The maximum Gasteiger partial charge on any atom is 0.410 e. The number of fused-ring (bicyclic) bond motifs is 1. The number of likely N-dealkylation sites (tertiary alicyclic amines) is 1. The molecule has 56 heavy (non-hydrogen) atoms. The minimum Gasteiger partial charge on any atom is -0.444 e. The molecular weight excluding hydrogens is 734 g/mol. The summed E-state index contributed by atoms with van der Waals surface area (Å²) in [6.45, 7) is 19.3. The Kier molecular flexibility index (Phi) is 13.0. The largest absolute Gasteiger partial charge is 0.444 e. The van der Waals surface area contributed by atoms with Crippen LogP contribution in [-0.2, 0) is 14.3 Å². The summed E-state index contributed by atoms with van der Waals surface area (Å²) in [6.07, 6.45) is 5.94. The van der Waals surface area contributed by atoms with E-state index in [9.17, 15) is 14.4 Å². The van der Waals surface area contributed by atoms with Crippen LogP contribution in [0.15, 0.2) is 42.9 Å². The number of alkyl carbamates (subject to hydrolysis) is 1. The van der Waals surface area contributed by atoms with Gasteiger partial charge >= 0.3 is 12.2 Å². The molecule has 1 aromatic carbocycles. The normalized spacial score (nSPS) is 19.4. The number of H-pyrrole nitrogens is 1. The molecule has 2 aromatic heterocycles. The van der Waals surface area contributed by atoms with Crippen molar-refractivity contribution >= 4 is 46.5 Å². The van der Waals surface area contributed by atoms with E-state index in [0.29, 0.717) is 43.3 Å². The lowest BCUT2D eigenvalue weighted by atomic mass is 9.85. The quantitative estimate of drug-likeness (QED) is 0.224. The van der Waals surface area contributed by atoms with E-state index >= 15 is 0 Å². The third-order valence-electron chi connectivity index (χ3n) is 11.0. The van der Waals surface area contributed by atoms with Crippen LogP contribution in [0.3, 0.4) is 0 Å². The van der Waals surface area contributed by atoms with Crippen LogP contribution in [0.5, 0.6) is 0 Å². The fourth-order valence-electron chi connectivity index (χ4n) is 7.93. The Labute approximate surface area is 336 Å². The minimum atomic E-state index is -1.19. The van der Waals surface area contributed by atoms with E-state index in [-0.39, 0.29) is 18.0 Å². The summed E-state index contributed by atoms with van der Waals surface area (Å²) in [4.78, 5) is 61.4. The molecule has 3 aromatic rings. The SMILES string of the molecule is CC(C)(C)OC(=O)NC1(C(=O)N[C@@H](CCN2CCN(CC3CCN(C(=O)OC(C)(C)C)CC3)CC2)c2ccc(Cl)cc2)CCN(c2ncnc3[nH]ccc23)CC1. The van der Waals surface area contributed by atoms with E-state index in [0.717, 1.165) is 87.6 Å². The van der Waals surface area contributed by atoms with Crippen LogP contribution >= 0.6 is 11.6 Å². The molecule has 0 unspecified atom stereocenters. The van der Waals surface area contributed by atoms with Gasteiger partial charge in [0.2, 0.25) is 5.91 Å². The molecule has 3 N–H and O–H groups in total. The van der Waals surface area contributed by atoms with E-state index in [4.69, 9.17) is 21.1 Å². The Morgan fingerprint density at radius 3 is 2.16 bits per heavy atom. The number of carbonyl (C=O) groups excluding carboxylic acids is 3. The lowest BCUT2D eigenvalue weighted by molar-refractivity contribution is -0.129. The number of hydrogen-bond acceptors (Lipinski definition) is 10. The first-order valence-corrected chi connectivity index (χ1v) is 20.5. The van der Waals surface area contributed by atoms with Crippen LogP contribution in [0.2, 0.25) is 5.02 Å². The molecule has 3 amide bonds. The molecule has 3 saturated heterocycles. The van der Waals surface area contributed by atoms with Gasteiger partial charge in [-0.15, -0.1) is 0 Å². The number of hydrogen-bond donors (Lipinski definition) is 3. The van der Waals surface area contributed by atoms with Crippen molar-refractivity contribution in [1.29, 1.82) is 0 Å². The van der Waals surface area contributed by atoms with Crippen LogP contribution in [-0.4, -0.2) is 130 Å². The lowest BCUT2D eigenvalue weighted by Gasteiger charge is -2.42. The number of halogens is 1. The Hall–Kier alpha value is -4.14. The molecule has 0 saturated carbocycles. The molecule has 0 radical (unpaired) electrons. The molecule has 0 spiro atoms. The average Bonchev–Trinajstić information content (AvgIpc) is 3.63. The lowest BCUT2D eigenvalue weighted by Crippen LogP contribution is -2.64. The van der Waals surface area contributed by atoms with E-state index in [1.807, 2.05) is 83.0 Å². The van der Waals surface area contributed by atoms with Gasteiger partial charge in [0.15, 0.2) is 0 Å². The van der Waals surface area contributed by atoms with E-state index in [1.165, 1.54) is 6.33 Å². The predicted octanol–water partition coefficient (Wildman–Crippen LogP) is 5.99. The monoisotopic (exact) mass is 793 g/mol. The highest BCUT2D eigenvalue weighted by Crippen LogP contribution is 2.31. The number of piperidine rings is 2. The van der Waals surface area contributed by atoms with Crippen molar-refractivity contribution in [2.75, 3.05) is 70.3 Å². The van der Waals surface area contributed by atoms with Crippen LogP contribution in [0, 0.1) is 5.92 Å². The highest BCUT2D eigenvalue weighted by molar-refractivity contribution is 6.30. The van der Waals surface area contributed by atoms with Gasteiger partial charge in [-0.25, -0.2) is 19.6 Å². The van der Waals surface area contributed by atoms with Crippen LogP contribution in [0.25, 0.3) is 11.0 Å². The van der Waals surface area contributed by atoms with Gasteiger partial charge in [0.05, 0.1) is 11.4 Å². The van der Waals surface area contributed by atoms with E-state index < -0.39 is 22.8 Å². The molecule has 14 nitrogen and oxygen atoms in total. The number of aromatic amines is 1. The van der Waals surface area contributed by atoms with Gasteiger partial charge in [-0.2, -0.15) is 0 Å². The number of nitrogens with one attached hydrogen (secondary N) is 3. The number of rotatable bonds is 10. The van der Waals surface area contributed by atoms with Gasteiger partial charge in [0, 0.05) is 76.7 Å². The number of carbonyl (C=O) groups is 3. The summed E-state index contributed by atoms with van der Waals surface area (Å²) in [6, 6.07) is 9.28. The van der Waals surface area contributed by atoms with Gasteiger partial charge in [0.1, 0.15) is 34.5 Å². The second kappa shape index (κ2) is 17.6. The molecule has 3 aliphatic rings. The first-order chi connectivity index (χ1) is 26.6. The molecule has 0 aliphatic carbocycles. The average molecular weight is 794 g/mol. The Bertz CT molecular complexity index is 1780. The zero-order valence-electron chi connectivity index (χ0n) is 33.9. The van der Waals surface area contributed by atoms with Gasteiger partial charge in [0.25, 0.3) is 0 Å². The third-order valence-corrected chi connectivity index (χ3v) is 11.2. The first kappa shape index (κ1) is 41.5. The number of ether oxygens (including phenoxy) is 2. The number of piperazine rings is 1. The Morgan fingerprint density at radius 2 is 1.52 bits per heavy atom. The summed E-state index contributed by atoms with van der Waals surface area (Å²) in [5, 5.41) is 7.92. The van der Waals surface area contributed by atoms with E-state index in [1.54, 1.807) is 0 Å². The number of benzene rings is 1. The summed E-state index contributed by atoms with van der Waals surface area (Å²) < 4.78 is 11.3. The Morgan fingerprint density at radius 1 is 0.875 bits per heavy atom. The standard InChI is InChI=1S/C41H60ClN9O5/c1-39(2,3)55-37(53)47-41(15-21-50(22-16-41)35-32-11-17-43-34(32)44-28-45-35)36(52)46-33(30-7-9-31(42)10-8-30)14-18-48-23-25-49(26-24-48)27-29-12-19-51(20-13-29)38(54)56-40(4,5)6/h7-11,17,28-29,33H,12-16,18-27H2,1-6H3,(H,46,52)(H,47,53)(H,43,44,45)/t33-/m0/s1. The van der Waals surface area contributed by atoms with Gasteiger partial charge in [-0.05, 0) is 103 Å². The summed E-state index contributed by atoms with van der Waals surface area (Å²) >= 11 is 6.30. The topological polar surface area (TPSA) is 148 Å². The van der Waals surface area contributed by atoms with Crippen LogP contribution in [0.4, 0.5) is 15.4 Å². The van der Waals surface area contributed by atoms with Crippen LogP contribution in [0.1, 0.15) is 85.3 Å². The van der Waals surface area contributed by atoms with Crippen molar-refractivity contribution in [3.63, 3.8) is 0 Å². The van der Waals surface area contributed by atoms with Gasteiger partial charge < -0.3 is 44.7 Å². The number of aromatic nitrogens is 3. The molecule has 5 heterocycles. The molecule has 1 atom stereocenters. The van der Waals surface area contributed by atoms with Crippen molar-refractivity contribution in [3.05, 3.63) is 53.4 Å². The van der Waals surface area contributed by atoms with Gasteiger partial charge in [-0.1, -0.05) is 23.7 Å². The number of nitrogens with zero attached hydrogens (tertiary/aromatic N) is 6. The van der Waals surface area contributed by atoms with E-state index in [2.05, 4.69) is 40.3 Å². The molecule has 15 heteroatoms. The summed E-state index contributed by atoms with van der Waals surface area (Å²) in [5.41, 5.74) is -0.690. The zero-order chi connectivity index (χ0) is 40.1. The van der Waals surface area contributed by atoms with Gasteiger partial charge in [-0.3, -0.25) is 4.79 Å². The van der Waals surface area contributed by atoms with Crippen molar-refractivity contribution in [2.24, 2.45) is 5.92 Å². The highest BCUT2D eigenvalue weighted by Gasteiger charge is 2.45. The highest BCUT2D eigenvalue weighted by atomic mass is 35.5. The number of amides is 3. The fraction of sp³-hybridized carbons (Fsp3) is 0.634. The third kappa shape index (κ3) is 11.0. The maximum absolute atomic E-state index is 14.6. The molecular formula is C41H60ClN9O5. The molecule has 3 aliphatic heterocycles. The molecule has 306 valence electrons.